The van der Waals surface area contributed by atoms with E-state index in [-0.39, 0.29) is 17.9 Å². The molecule has 7 heteroatoms. The van der Waals surface area contributed by atoms with E-state index in [1.54, 1.807) is 22.4 Å². The van der Waals surface area contributed by atoms with Gasteiger partial charge in [-0.2, -0.15) is 0 Å². The van der Waals surface area contributed by atoms with E-state index >= 15 is 0 Å². The molecule has 2 aromatic heterocycles. The minimum absolute atomic E-state index is 0.0604. The number of thiazole rings is 1. The van der Waals surface area contributed by atoms with Gasteiger partial charge in [-0.1, -0.05) is 6.07 Å². The lowest BCUT2D eigenvalue weighted by Crippen LogP contribution is -2.43. The quantitative estimate of drug-likeness (QED) is 0.914. The van der Waals surface area contributed by atoms with Crippen LogP contribution in [0.5, 0.6) is 0 Å². The van der Waals surface area contributed by atoms with Crippen LogP contribution < -0.4 is 5.32 Å². The molecule has 0 aliphatic carbocycles. The Bertz CT molecular complexity index is 625. The van der Waals surface area contributed by atoms with E-state index in [0.717, 1.165) is 19.3 Å². The van der Waals surface area contributed by atoms with Crippen LogP contribution in [0, 0.1) is 0 Å². The lowest BCUT2D eigenvalue weighted by Gasteiger charge is -2.23. The fourth-order valence-corrected chi connectivity index (χ4v) is 3.88. The van der Waals surface area contributed by atoms with Gasteiger partial charge in [-0.25, -0.2) is 4.98 Å². The van der Waals surface area contributed by atoms with Crippen LogP contribution in [-0.4, -0.2) is 34.3 Å². The number of nitrogens with zero attached hydrogens (tertiary/aromatic N) is 2. The smallest absolute Gasteiger partial charge is 0.248 e. The lowest BCUT2D eigenvalue weighted by atomic mass is 10.2. The third-order valence-electron chi connectivity index (χ3n) is 3.70. The van der Waals surface area contributed by atoms with E-state index in [1.165, 1.54) is 16.2 Å². The molecule has 2 aromatic rings. The highest BCUT2D eigenvalue weighted by molar-refractivity contribution is 7.13. The maximum absolute atomic E-state index is 12.4. The molecular weight excluding hydrogens is 318 g/mol. The van der Waals surface area contributed by atoms with Crippen molar-refractivity contribution in [3.63, 3.8) is 0 Å². The van der Waals surface area contributed by atoms with Gasteiger partial charge in [0, 0.05) is 29.4 Å². The van der Waals surface area contributed by atoms with Gasteiger partial charge in [0.1, 0.15) is 6.04 Å². The third kappa shape index (κ3) is 3.53. The van der Waals surface area contributed by atoms with Crippen molar-refractivity contribution < 1.29 is 9.59 Å². The molecule has 1 fully saturated rings. The Morgan fingerprint density at radius 2 is 2.27 bits per heavy atom. The standard InChI is InChI=1S/C15H17N3O2S2/c19-13(6-5-11-3-2-9-21-11)18-8-1-4-12(18)14(20)17-15-16-7-10-22-15/h2-3,7,9-10,12H,1,4-6,8H2,(H,16,17,20)/t12-/m0/s1. The van der Waals surface area contributed by atoms with Crippen LogP contribution in [0.1, 0.15) is 24.1 Å². The van der Waals surface area contributed by atoms with Crippen molar-refractivity contribution >= 4 is 39.6 Å². The van der Waals surface area contributed by atoms with Crippen LogP contribution in [-0.2, 0) is 16.0 Å². The van der Waals surface area contributed by atoms with Gasteiger partial charge >= 0.3 is 0 Å². The highest BCUT2D eigenvalue weighted by Crippen LogP contribution is 2.22. The monoisotopic (exact) mass is 335 g/mol. The Morgan fingerprint density at radius 1 is 1.36 bits per heavy atom. The zero-order valence-corrected chi connectivity index (χ0v) is 13.7. The number of nitrogens with one attached hydrogen (secondary N) is 1. The van der Waals surface area contributed by atoms with Crippen LogP contribution in [0.25, 0.3) is 0 Å². The molecule has 0 radical (unpaired) electrons. The average Bonchev–Trinajstić information content (AvgIpc) is 3.25. The number of anilines is 1. The molecule has 22 heavy (non-hydrogen) atoms. The highest BCUT2D eigenvalue weighted by Gasteiger charge is 2.33. The maximum Gasteiger partial charge on any atom is 0.248 e. The Balaban J connectivity index is 1.57. The first-order chi connectivity index (χ1) is 10.7. The molecule has 2 amide bonds. The fraction of sp³-hybridized carbons (Fsp3) is 0.400. The van der Waals surface area contributed by atoms with Crippen molar-refractivity contribution in [2.45, 2.75) is 31.7 Å². The average molecular weight is 335 g/mol. The first kappa shape index (κ1) is 15.2. The maximum atomic E-state index is 12.4. The van der Waals surface area contributed by atoms with E-state index in [9.17, 15) is 9.59 Å². The summed E-state index contributed by atoms with van der Waals surface area (Å²) >= 11 is 3.04. The molecule has 1 N–H and O–H groups in total. The number of thiophene rings is 1. The van der Waals surface area contributed by atoms with Crippen LogP contribution in [0.2, 0.25) is 0 Å². The van der Waals surface area contributed by atoms with Gasteiger partial charge in [0.2, 0.25) is 11.8 Å². The molecule has 3 heterocycles. The Labute approximate surface area is 137 Å². The van der Waals surface area contributed by atoms with E-state index in [0.29, 0.717) is 18.1 Å². The number of likely N-dealkylation sites (tertiary alicyclic amines) is 1. The molecule has 0 bridgehead atoms. The molecular formula is C15H17N3O2S2. The first-order valence-electron chi connectivity index (χ1n) is 7.26. The van der Waals surface area contributed by atoms with E-state index in [1.807, 2.05) is 22.9 Å². The lowest BCUT2D eigenvalue weighted by molar-refractivity contribution is -0.136. The van der Waals surface area contributed by atoms with Crippen molar-refractivity contribution in [2.75, 3.05) is 11.9 Å². The van der Waals surface area contributed by atoms with Crippen molar-refractivity contribution in [2.24, 2.45) is 0 Å². The van der Waals surface area contributed by atoms with Crippen LogP contribution in [0.4, 0.5) is 5.13 Å². The van der Waals surface area contributed by atoms with Gasteiger partial charge in [-0.3, -0.25) is 9.59 Å². The predicted octanol–water partition coefficient (Wildman–Crippen LogP) is 2.77. The largest absolute Gasteiger partial charge is 0.331 e. The molecule has 1 saturated heterocycles. The summed E-state index contributed by atoms with van der Waals surface area (Å²) in [6.07, 6.45) is 4.46. The molecule has 3 rings (SSSR count). The summed E-state index contributed by atoms with van der Waals surface area (Å²) in [5.74, 6) is -0.0675. The second kappa shape index (κ2) is 7.02. The topological polar surface area (TPSA) is 62.3 Å². The summed E-state index contributed by atoms with van der Waals surface area (Å²) in [6.45, 7) is 0.666. The van der Waals surface area contributed by atoms with Crippen LogP contribution in [0.3, 0.4) is 0 Å². The molecule has 1 aliphatic heterocycles. The molecule has 0 spiro atoms. The van der Waals surface area contributed by atoms with Crippen molar-refractivity contribution in [3.05, 3.63) is 34.0 Å². The number of rotatable bonds is 5. The summed E-state index contributed by atoms with van der Waals surface area (Å²) in [7, 11) is 0. The highest BCUT2D eigenvalue weighted by atomic mass is 32.1. The molecule has 0 saturated carbocycles. The third-order valence-corrected chi connectivity index (χ3v) is 5.33. The van der Waals surface area contributed by atoms with Crippen LogP contribution in [0.15, 0.2) is 29.1 Å². The number of aryl methyl sites for hydroxylation is 1. The van der Waals surface area contributed by atoms with Crippen LogP contribution >= 0.6 is 22.7 Å². The minimum Gasteiger partial charge on any atom is -0.331 e. The molecule has 1 aliphatic rings. The van der Waals surface area contributed by atoms with Gasteiger partial charge in [-0.15, -0.1) is 22.7 Å². The summed E-state index contributed by atoms with van der Waals surface area (Å²) < 4.78 is 0. The molecule has 1 atom stereocenters. The summed E-state index contributed by atoms with van der Waals surface area (Å²) in [4.78, 5) is 31.7. The van der Waals surface area contributed by atoms with Gasteiger partial charge < -0.3 is 10.2 Å². The Kier molecular flexibility index (Phi) is 4.84. The van der Waals surface area contributed by atoms with E-state index in [2.05, 4.69) is 10.3 Å². The van der Waals surface area contributed by atoms with Gasteiger partial charge in [0.05, 0.1) is 0 Å². The van der Waals surface area contributed by atoms with Crippen molar-refractivity contribution in [3.8, 4) is 0 Å². The van der Waals surface area contributed by atoms with E-state index in [4.69, 9.17) is 0 Å². The second-order valence-corrected chi connectivity index (χ2v) is 7.08. The summed E-state index contributed by atoms with van der Waals surface area (Å²) in [6, 6.07) is 3.67. The van der Waals surface area contributed by atoms with E-state index < -0.39 is 0 Å². The van der Waals surface area contributed by atoms with Gasteiger partial charge in [0.25, 0.3) is 0 Å². The molecule has 0 aromatic carbocycles. The minimum atomic E-state index is -0.361. The van der Waals surface area contributed by atoms with Crippen molar-refractivity contribution in [1.82, 2.24) is 9.88 Å². The summed E-state index contributed by atoms with van der Waals surface area (Å²) in [5.41, 5.74) is 0. The van der Waals surface area contributed by atoms with Gasteiger partial charge in [0.15, 0.2) is 5.13 Å². The number of hydrogen-bond acceptors (Lipinski definition) is 5. The zero-order valence-electron chi connectivity index (χ0n) is 12.0. The zero-order chi connectivity index (χ0) is 15.4. The normalized spacial score (nSPS) is 17.6. The number of carbonyl (C=O) groups excluding carboxylic acids is 2. The first-order valence-corrected chi connectivity index (χ1v) is 9.02. The second-order valence-electron chi connectivity index (χ2n) is 5.15. The molecule has 5 nitrogen and oxygen atoms in total. The number of hydrogen-bond donors (Lipinski definition) is 1. The number of amides is 2. The summed E-state index contributed by atoms with van der Waals surface area (Å²) in [5, 5.41) is 7.21. The molecule has 0 unspecified atom stereocenters. The van der Waals surface area contributed by atoms with Crippen molar-refractivity contribution in [1.29, 1.82) is 0 Å². The SMILES string of the molecule is O=C(Nc1nccs1)[C@@H]1CCCN1C(=O)CCc1cccs1. The predicted molar refractivity (Wildman–Crippen MR) is 88.1 cm³/mol. The number of aromatic nitrogens is 1. The Morgan fingerprint density at radius 3 is 3.00 bits per heavy atom. The number of carbonyl (C=O) groups is 2. The molecule has 116 valence electrons. The fourth-order valence-electron chi connectivity index (χ4n) is 2.64. The van der Waals surface area contributed by atoms with Gasteiger partial charge in [-0.05, 0) is 30.7 Å². The Hall–Kier alpha value is -1.73.